The minimum atomic E-state index is -0.832. The topological polar surface area (TPSA) is 105 Å². The first-order valence-corrected chi connectivity index (χ1v) is 6.12. The lowest BCUT2D eigenvalue weighted by Crippen LogP contribution is -2.50. The number of hydrogen-bond donors (Lipinski definition) is 2. The molecule has 0 aromatic heterocycles. The van der Waals surface area contributed by atoms with Crippen LogP contribution in [0.3, 0.4) is 0 Å². The third-order valence-electron chi connectivity index (χ3n) is 2.95. The van der Waals surface area contributed by atoms with Crippen molar-refractivity contribution in [3.8, 4) is 0 Å². The van der Waals surface area contributed by atoms with Crippen LogP contribution in [-0.4, -0.2) is 74.1 Å². The van der Waals surface area contributed by atoms with E-state index in [1.165, 1.54) is 7.11 Å². The summed E-state index contributed by atoms with van der Waals surface area (Å²) in [4.78, 5) is 36.9. The lowest BCUT2D eigenvalue weighted by molar-refractivity contribution is -0.141. The van der Waals surface area contributed by atoms with Crippen LogP contribution in [0.15, 0.2) is 0 Å². The molecule has 0 atom stereocenters. The number of methoxy groups -OCH3 is 1. The molecule has 8 heteroatoms. The van der Waals surface area contributed by atoms with Crippen molar-refractivity contribution < 1.29 is 19.1 Å². The minimum Gasteiger partial charge on any atom is -0.469 e. The van der Waals surface area contributed by atoms with Gasteiger partial charge in [-0.3, -0.25) is 19.8 Å². The predicted molar refractivity (Wildman–Crippen MR) is 67.2 cm³/mol. The van der Waals surface area contributed by atoms with Crippen LogP contribution in [0.25, 0.3) is 0 Å². The molecule has 0 bridgehead atoms. The zero-order valence-electron chi connectivity index (χ0n) is 11.1. The van der Waals surface area contributed by atoms with Crippen molar-refractivity contribution in [2.24, 2.45) is 5.73 Å². The van der Waals surface area contributed by atoms with Crippen LogP contribution in [-0.2, 0) is 14.3 Å². The lowest BCUT2D eigenvalue weighted by Gasteiger charge is -2.33. The Morgan fingerprint density at radius 3 is 2.26 bits per heavy atom. The molecule has 108 valence electrons. The molecule has 0 saturated carbocycles. The van der Waals surface area contributed by atoms with E-state index in [-0.39, 0.29) is 12.5 Å². The third-order valence-corrected chi connectivity index (χ3v) is 2.95. The highest BCUT2D eigenvalue weighted by Gasteiger charge is 2.19. The number of nitrogens with two attached hydrogens (primary N) is 1. The Morgan fingerprint density at radius 1 is 1.16 bits per heavy atom. The summed E-state index contributed by atoms with van der Waals surface area (Å²) < 4.78 is 4.58. The first kappa shape index (κ1) is 15.4. The average Bonchev–Trinajstić information content (AvgIpc) is 2.36. The highest BCUT2D eigenvalue weighted by atomic mass is 16.5. The van der Waals surface area contributed by atoms with Crippen molar-refractivity contribution in [3.63, 3.8) is 0 Å². The maximum Gasteiger partial charge on any atom is 0.318 e. The van der Waals surface area contributed by atoms with E-state index in [2.05, 4.69) is 9.64 Å². The summed E-state index contributed by atoms with van der Waals surface area (Å²) in [5.74, 6) is -0.612. The normalized spacial score (nSPS) is 16.9. The molecular formula is C11H20N4O4. The smallest absolute Gasteiger partial charge is 0.318 e. The number of nitrogens with zero attached hydrogens (tertiary/aromatic N) is 2. The van der Waals surface area contributed by atoms with Gasteiger partial charge < -0.3 is 15.4 Å². The highest BCUT2D eigenvalue weighted by molar-refractivity contribution is 5.94. The van der Waals surface area contributed by atoms with E-state index < -0.39 is 11.9 Å². The predicted octanol–water partition coefficient (Wildman–Crippen LogP) is -1.64. The SMILES string of the molecule is COC(=O)CCN1CCN(CC(=O)NC(N)=O)CC1. The van der Waals surface area contributed by atoms with Gasteiger partial charge >= 0.3 is 12.0 Å². The summed E-state index contributed by atoms with van der Waals surface area (Å²) in [5, 5.41) is 2.03. The van der Waals surface area contributed by atoms with Gasteiger partial charge in [-0.05, 0) is 0 Å². The summed E-state index contributed by atoms with van der Waals surface area (Å²) in [6.07, 6.45) is 0.374. The number of ether oxygens (including phenoxy) is 1. The number of hydrogen-bond acceptors (Lipinski definition) is 6. The molecular weight excluding hydrogens is 252 g/mol. The van der Waals surface area contributed by atoms with Crippen LogP contribution >= 0.6 is 0 Å². The lowest BCUT2D eigenvalue weighted by atomic mass is 10.3. The van der Waals surface area contributed by atoms with Crippen molar-refractivity contribution in [1.29, 1.82) is 0 Å². The second kappa shape index (κ2) is 7.70. The van der Waals surface area contributed by atoms with Gasteiger partial charge in [0.1, 0.15) is 0 Å². The van der Waals surface area contributed by atoms with Crippen LogP contribution in [0.5, 0.6) is 0 Å². The molecule has 0 aliphatic carbocycles. The number of urea groups is 1. The molecule has 3 N–H and O–H groups in total. The molecule has 0 unspecified atom stereocenters. The van der Waals surface area contributed by atoms with Gasteiger partial charge in [0.2, 0.25) is 5.91 Å². The molecule has 1 saturated heterocycles. The van der Waals surface area contributed by atoms with Crippen LogP contribution in [0.1, 0.15) is 6.42 Å². The molecule has 1 fully saturated rings. The second-order valence-electron chi connectivity index (χ2n) is 4.36. The molecule has 1 rings (SSSR count). The quantitative estimate of drug-likeness (QED) is 0.582. The third kappa shape index (κ3) is 6.16. The van der Waals surface area contributed by atoms with Gasteiger partial charge in [0.25, 0.3) is 0 Å². The monoisotopic (exact) mass is 272 g/mol. The Morgan fingerprint density at radius 2 is 1.74 bits per heavy atom. The molecule has 0 aromatic rings. The molecule has 1 heterocycles. The van der Waals surface area contributed by atoms with Gasteiger partial charge in [-0.15, -0.1) is 0 Å². The van der Waals surface area contributed by atoms with Gasteiger partial charge in [-0.1, -0.05) is 0 Å². The number of nitrogens with one attached hydrogen (secondary N) is 1. The van der Waals surface area contributed by atoms with Crippen LogP contribution < -0.4 is 11.1 Å². The Balaban J connectivity index is 2.20. The van der Waals surface area contributed by atoms with Gasteiger partial charge in [-0.25, -0.2) is 4.79 Å². The molecule has 19 heavy (non-hydrogen) atoms. The van der Waals surface area contributed by atoms with Gasteiger partial charge in [0, 0.05) is 32.7 Å². The van der Waals surface area contributed by atoms with Crippen molar-refractivity contribution in [2.45, 2.75) is 6.42 Å². The van der Waals surface area contributed by atoms with E-state index in [0.717, 1.165) is 13.1 Å². The van der Waals surface area contributed by atoms with Crippen molar-refractivity contribution in [3.05, 3.63) is 0 Å². The van der Waals surface area contributed by atoms with Gasteiger partial charge in [0.05, 0.1) is 20.1 Å². The largest absolute Gasteiger partial charge is 0.469 e. The van der Waals surface area contributed by atoms with E-state index in [4.69, 9.17) is 5.73 Å². The molecule has 3 amide bonds. The van der Waals surface area contributed by atoms with E-state index in [9.17, 15) is 14.4 Å². The number of imide groups is 1. The minimum absolute atomic E-state index is 0.160. The maximum atomic E-state index is 11.3. The number of carbonyl (C=O) groups is 3. The second-order valence-corrected chi connectivity index (χ2v) is 4.36. The fraction of sp³-hybridized carbons (Fsp3) is 0.727. The van der Waals surface area contributed by atoms with E-state index in [1.807, 2.05) is 10.2 Å². The van der Waals surface area contributed by atoms with E-state index in [1.54, 1.807) is 0 Å². The molecule has 0 aromatic carbocycles. The number of esters is 1. The number of primary amides is 1. The Labute approximate surface area is 111 Å². The van der Waals surface area contributed by atoms with Crippen molar-refractivity contribution in [1.82, 2.24) is 15.1 Å². The standard InChI is InChI=1S/C11H20N4O4/c1-19-10(17)2-3-14-4-6-15(7-5-14)8-9(16)13-11(12)18/h2-8H2,1H3,(H3,12,13,16,18). The number of piperazine rings is 1. The Hall–Kier alpha value is -1.67. The van der Waals surface area contributed by atoms with E-state index >= 15 is 0 Å². The zero-order valence-corrected chi connectivity index (χ0v) is 11.1. The Bertz CT molecular complexity index is 340. The molecule has 1 aliphatic heterocycles. The summed E-state index contributed by atoms with van der Waals surface area (Å²) in [7, 11) is 1.37. The van der Waals surface area contributed by atoms with Crippen LogP contribution in [0.2, 0.25) is 0 Å². The van der Waals surface area contributed by atoms with Gasteiger partial charge in [-0.2, -0.15) is 0 Å². The summed E-state index contributed by atoms with van der Waals surface area (Å²) in [5.41, 5.74) is 4.86. The maximum absolute atomic E-state index is 11.3. The van der Waals surface area contributed by atoms with Crippen molar-refractivity contribution >= 4 is 17.9 Å². The zero-order chi connectivity index (χ0) is 14.3. The summed E-state index contributed by atoms with van der Waals surface area (Å²) in [6, 6.07) is -0.832. The first-order chi connectivity index (χ1) is 9.01. The number of rotatable bonds is 5. The molecule has 0 radical (unpaired) electrons. The van der Waals surface area contributed by atoms with Crippen LogP contribution in [0.4, 0.5) is 4.79 Å². The average molecular weight is 272 g/mol. The summed E-state index contributed by atoms with van der Waals surface area (Å²) in [6.45, 7) is 3.81. The van der Waals surface area contributed by atoms with Crippen molar-refractivity contribution in [2.75, 3.05) is 46.4 Å². The fourth-order valence-electron chi connectivity index (χ4n) is 1.90. The van der Waals surface area contributed by atoms with Crippen LogP contribution in [0, 0.1) is 0 Å². The van der Waals surface area contributed by atoms with Gasteiger partial charge in [0.15, 0.2) is 0 Å². The summed E-state index contributed by atoms with van der Waals surface area (Å²) >= 11 is 0. The first-order valence-electron chi connectivity index (χ1n) is 6.12. The fourth-order valence-corrected chi connectivity index (χ4v) is 1.90. The molecule has 8 nitrogen and oxygen atoms in total. The highest BCUT2D eigenvalue weighted by Crippen LogP contribution is 2.02. The number of amides is 3. The van der Waals surface area contributed by atoms with E-state index in [0.29, 0.717) is 26.1 Å². The molecule has 0 spiro atoms. The number of carbonyl (C=O) groups excluding carboxylic acids is 3. The Kier molecular flexibility index (Phi) is 6.23. The molecule has 1 aliphatic rings.